The number of carbonyl (C=O) groups excluding carboxylic acids is 2. The number of amides is 2. The summed E-state index contributed by atoms with van der Waals surface area (Å²) in [6.07, 6.45) is 0. The number of thiophene rings is 2. The van der Waals surface area contributed by atoms with Gasteiger partial charge in [-0.3, -0.25) is 9.59 Å². The van der Waals surface area contributed by atoms with E-state index < -0.39 is 0 Å². The molecule has 3 aromatic rings. The Labute approximate surface area is 147 Å². The van der Waals surface area contributed by atoms with Gasteiger partial charge in [-0.05, 0) is 47.9 Å². The summed E-state index contributed by atoms with van der Waals surface area (Å²) in [6, 6.07) is 4.82. The fourth-order valence-corrected chi connectivity index (χ4v) is 3.60. The van der Waals surface area contributed by atoms with Gasteiger partial charge in [0, 0.05) is 10.8 Å². The molecule has 0 saturated carbocycles. The third-order valence-corrected chi connectivity index (χ3v) is 5.14. The van der Waals surface area contributed by atoms with Crippen LogP contribution in [0.25, 0.3) is 0 Å². The van der Waals surface area contributed by atoms with Crippen molar-refractivity contribution < 1.29 is 9.59 Å². The molecule has 0 atom stereocenters. The van der Waals surface area contributed by atoms with Gasteiger partial charge in [0.1, 0.15) is 11.4 Å². The first-order valence-corrected chi connectivity index (χ1v) is 9.08. The van der Waals surface area contributed by atoms with Crippen LogP contribution in [0.4, 0.5) is 11.4 Å². The number of carbonyl (C=O) groups is 2. The normalized spacial score (nSPS) is 10.4. The first-order valence-electron chi connectivity index (χ1n) is 7.20. The monoisotopic (exact) mass is 357 g/mol. The largest absolute Gasteiger partial charge is 0.320 e. The van der Waals surface area contributed by atoms with E-state index >= 15 is 0 Å². The standard InChI is InChI=1S/C17H15N3O2S2/c1-10-6-23-8-14(10)19-16(21)12-4-3-5-13(18-12)17(22)20-15-9-24-7-11(15)2/h3-9H,1-2H3,(H,19,21)(H,20,22). The van der Waals surface area contributed by atoms with E-state index in [9.17, 15) is 9.59 Å². The van der Waals surface area contributed by atoms with Gasteiger partial charge in [0.25, 0.3) is 11.8 Å². The van der Waals surface area contributed by atoms with Gasteiger partial charge in [-0.25, -0.2) is 4.98 Å². The van der Waals surface area contributed by atoms with Gasteiger partial charge < -0.3 is 10.6 Å². The molecular weight excluding hydrogens is 342 g/mol. The van der Waals surface area contributed by atoms with Crippen molar-refractivity contribution >= 4 is 45.9 Å². The molecule has 0 aliphatic carbocycles. The second-order valence-electron chi connectivity index (χ2n) is 5.25. The Kier molecular flexibility index (Phi) is 4.73. The zero-order valence-electron chi connectivity index (χ0n) is 13.1. The highest BCUT2D eigenvalue weighted by molar-refractivity contribution is 7.08. The van der Waals surface area contributed by atoms with Crippen LogP contribution in [-0.2, 0) is 0 Å². The summed E-state index contributed by atoms with van der Waals surface area (Å²) in [6.45, 7) is 3.85. The zero-order valence-corrected chi connectivity index (χ0v) is 14.8. The number of aromatic nitrogens is 1. The van der Waals surface area contributed by atoms with Gasteiger partial charge in [-0.15, -0.1) is 22.7 Å². The van der Waals surface area contributed by atoms with Crippen molar-refractivity contribution in [1.29, 1.82) is 0 Å². The fraction of sp³-hybridized carbons (Fsp3) is 0.118. The molecule has 24 heavy (non-hydrogen) atoms. The molecule has 0 aliphatic rings. The minimum Gasteiger partial charge on any atom is -0.320 e. The SMILES string of the molecule is Cc1cscc1NC(=O)c1cccc(C(=O)Nc2cscc2C)n1. The topological polar surface area (TPSA) is 71.1 Å². The molecule has 0 unspecified atom stereocenters. The van der Waals surface area contributed by atoms with Gasteiger partial charge >= 0.3 is 0 Å². The second-order valence-corrected chi connectivity index (χ2v) is 6.74. The molecule has 0 aromatic carbocycles. The molecular formula is C17H15N3O2S2. The average Bonchev–Trinajstić information content (AvgIpc) is 3.16. The van der Waals surface area contributed by atoms with Crippen LogP contribution in [0.15, 0.2) is 39.7 Å². The summed E-state index contributed by atoms with van der Waals surface area (Å²) < 4.78 is 0. The Morgan fingerprint density at radius 2 is 1.29 bits per heavy atom. The predicted molar refractivity (Wildman–Crippen MR) is 98.3 cm³/mol. The van der Waals surface area contributed by atoms with E-state index in [-0.39, 0.29) is 23.2 Å². The Balaban J connectivity index is 1.76. The summed E-state index contributed by atoms with van der Waals surface area (Å²) in [5.74, 6) is -0.671. The second kappa shape index (κ2) is 6.94. The molecule has 0 fully saturated rings. The summed E-state index contributed by atoms with van der Waals surface area (Å²) in [5.41, 5.74) is 3.92. The number of rotatable bonds is 4. The molecule has 7 heteroatoms. The van der Waals surface area contributed by atoms with Gasteiger partial charge in [0.15, 0.2) is 0 Å². The van der Waals surface area contributed by atoms with Crippen LogP contribution < -0.4 is 10.6 Å². The smallest absolute Gasteiger partial charge is 0.274 e. The zero-order chi connectivity index (χ0) is 17.1. The molecule has 5 nitrogen and oxygen atoms in total. The highest BCUT2D eigenvalue weighted by Gasteiger charge is 2.14. The van der Waals surface area contributed by atoms with Crippen LogP contribution in [0.1, 0.15) is 32.1 Å². The summed E-state index contributed by atoms with van der Waals surface area (Å²) >= 11 is 3.03. The molecule has 0 saturated heterocycles. The van der Waals surface area contributed by atoms with Crippen LogP contribution in [-0.4, -0.2) is 16.8 Å². The van der Waals surface area contributed by atoms with Crippen molar-refractivity contribution in [3.8, 4) is 0 Å². The Morgan fingerprint density at radius 3 is 1.67 bits per heavy atom. The number of anilines is 2. The number of hydrogen-bond acceptors (Lipinski definition) is 5. The van der Waals surface area contributed by atoms with E-state index in [4.69, 9.17) is 0 Å². The quantitative estimate of drug-likeness (QED) is 0.730. The molecule has 3 aromatic heterocycles. The third kappa shape index (κ3) is 3.52. The van der Waals surface area contributed by atoms with E-state index in [1.165, 1.54) is 22.7 Å². The van der Waals surface area contributed by atoms with E-state index in [0.29, 0.717) is 0 Å². The van der Waals surface area contributed by atoms with E-state index in [2.05, 4.69) is 15.6 Å². The lowest BCUT2D eigenvalue weighted by Crippen LogP contribution is -2.18. The van der Waals surface area contributed by atoms with Gasteiger partial charge in [0.05, 0.1) is 11.4 Å². The molecule has 0 radical (unpaired) electrons. The molecule has 0 bridgehead atoms. The minimum atomic E-state index is -0.335. The number of hydrogen-bond donors (Lipinski definition) is 2. The van der Waals surface area contributed by atoms with Crippen molar-refractivity contribution in [2.75, 3.05) is 10.6 Å². The van der Waals surface area contributed by atoms with Crippen molar-refractivity contribution in [2.45, 2.75) is 13.8 Å². The van der Waals surface area contributed by atoms with Gasteiger partial charge in [-0.1, -0.05) is 6.07 Å². The molecule has 0 aliphatic heterocycles. The van der Waals surface area contributed by atoms with E-state index in [0.717, 1.165) is 22.5 Å². The lowest BCUT2D eigenvalue weighted by molar-refractivity contribution is 0.101. The lowest BCUT2D eigenvalue weighted by atomic mass is 10.2. The maximum Gasteiger partial charge on any atom is 0.274 e. The third-order valence-electron chi connectivity index (χ3n) is 3.42. The molecule has 122 valence electrons. The molecule has 2 N–H and O–H groups in total. The maximum absolute atomic E-state index is 12.3. The predicted octanol–water partition coefficient (Wildman–Crippen LogP) is 4.33. The van der Waals surface area contributed by atoms with Crippen molar-refractivity contribution in [3.05, 3.63) is 62.2 Å². The van der Waals surface area contributed by atoms with Crippen LogP contribution in [0, 0.1) is 13.8 Å². The highest BCUT2D eigenvalue weighted by Crippen LogP contribution is 2.21. The number of pyridine rings is 1. The fourth-order valence-electron chi connectivity index (χ4n) is 2.04. The molecule has 0 spiro atoms. The Bertz CT molecular complexity index is 829. The number of aryl methyl sites for hydroxylation is 2. The first kappa shape index (κ1) is 16.4. The highest BCUT2D eigenvalue weighted by atomic mass is 32.1. The molecule has 2 amide bonds. The van der Waals surface area contributed by atoms with E-state index in [1.54, 1.807) is 18.2 Å². The number of nitrogens with zero attached hydrogens (tertiary/aromatic N) is 1. The van der Waals surface area contributed by atoms with Crippen molar-refractivity contribution in [2.24, 2.45) is 0 Å². The summed E-state index contributed by atoms with van der Waals surface area (Å²) in [4.78, 5) is 28.8. The maximum atomic E-state index is 12.3. The summed E-state index contributed by atoms with van der Waals surface area (Å²) in [7, 11) is 0. The minimum absolute atomic E-state index is 0.204. The van der Waals surface area contributed by atoms with Gasteiger partial charge in [-0.2, -0.15) is 0 Å². The van der Waals surface area contributed by atoms with Crippen molar-refractivity contribution in [1.82, 2.24) is 4.98 Å². The molecule has 3 heterocycles. The van der Waals surface area contributed by atoms with Crippen LogP contribution in [0.5, 0.6) is 0 Å². The molecule has 3 rings (SSSR count). The summed E-state index contributed by atoms with van der Waals surface area (Å²) in [5, 5.41) is 13.2. The lowest BCUT2D eigenvalue weighted by Gasteiger charge is -2.07. The number of nitrogens with one attached hydrogen (secondary N) is 2. The Morgan fingerprint density at radius 1 is 0.833 bits per heavy atom. The Hall–Kier alpha value is -2.51. The van der Waals surface area contributed by atoms with Gasteiger partial charge in [0.2, 0.25) is 0 Å². The average molecular weight is 357 g/mol. The van der Waals surface area contributed by atoms with Crippen LogP contribution in [0.3, 0.4) is 0 Å². The van der Waals surface area contributed by atoms with Crippen LogP contribution in [0.2, 0.25) is 0 Å². The first-order chi connectivity index (χ1) is 11.5. The van der Waals surface area contributed by atoms with Crippen molar-refractivity contribution in [3.63, 3.8) is 0 Å². The van der Waals surface area contributed by atoms with E-state index in [1.807, 2.05) is 35.4 Å². The van der Waals surface area contributed by atoms with Crippen LogP contribution >= 0.6 is 22.7 Å².